The largest absolute Gasteiger partial charge is 0.296 e. The average Bonchev–Trinajstić information content (AvgIpc) is 3.40. The van der Waals surface area contributed by atoms with Crippen molar-refractivity contribution in [3.05, 3.63) is 34.5 Å². The maximum atomic E-state index is 6.56. The van der Waals surface area contributed by atoms with Crippen molar-refractivity contribution in [2.24, 2.45) is 39.6 Å². The van der Waals surface area contributed by atoms with Gasteiger partial charge in [-0.1, -0.05) is 50.6 Å². The summed E-state index contributed by atoms with van der Waals surface area (Å²) < 4.78 is 0. The first-order valence-corrected chi connectivity index (χ1v) is 9.91. The quantitative estimate of drug-likeness (QED) is 0.467. The van der Waals surface area contributed by atoms with Crippen molar-refractivity contribution in [1.82, 2.24) is 0 Å². The molecule has 0 spiro atoms. The lowest BCUT2D eigenvalue weighted by Gasteiger charge is -2.48. The van der Waals surface area contributed by atoms with Crippen LogP contribution in [-0.4, -0.2) is 19.0 Å². The van der Waals surface area contributed by atoms with Gasteiger partial charge in [0.05, 0.1) is 10.7 Å². The minimum absolute atomic E-state index is 0.440. The summed E-state index contributed by atoms with van der Waals surface area (Å²) >= 11 is 6.56. The maximum Gasteiger partial charge on any atom is 0.0902 e. The van der Waals surface area contributed by atoms with E-state index in [1.54, 1.807) is 7.05 Å². The van der Waals surface area contributed by atoms with Gasteiger partial charge in [0.25, 0.3) is 0 Å². The normalized spacial score (nSPS) is 31.8. The summed E-state index contributed by atoms with van der Waals surface area (Å²) in [6, 6.07) is 0. The second-order valence-electron chi connectivity index (χ2n) is 7.92. The van der Waals surface area contributed by atoms with E-state index in [0.717, 1.165) is 35.2 Å². The van der Waals surface area contributed by atoms with Crippen molar-refractivity contribution < 1.29 is 0 Å². The van der Waals surface area contributed by atoms with Gasteiger partial charge in [0, 0.05) is 30.5 Å². The molecule has 0 bridgehead atoms. The Kier molecular flexibility index (Phi) is 6.85. The highest BCUT2D eigenvalue weighted by Crippen LogP contribution is 2.49. The molecule has 2 unspecified atom stereocenters. The first kappa shape index (κ1) is 20.2. The number of hydrogen-bond acceptors (Lipinski definition) is 2. The molecule has 2 aliphatic carbocycles. The fraction of sp³-hybridized carbons (Fsp3) is 0.636. The lowest BCUT2D eigenvalue weighted by Crippen LogP contribution is -2.42. The Hall–Kier alpha value is -1.15. The predicted octanol–water partition coefficient (Wildman–Crippen LogP) is 6.44. The number of halogens is 1. The van der Waals surface area contributed by atoms with Crippen molar-refractivity contribution >= 4 is 23.5 Å². The van der Waals surface area contributed by atoms with Crippen LogP contribution in [0, 0.1) is 29.6 Å². The molecule has 0 aliphatic heterocycles. The summed E-state index contributed by atoms with van der Waals surface area (Å²) in [5.41, 5.74) is 4.17. The zero-order chi connectivity index (χ0) is 18.7. The molecule has 2 rings (SSSR count). The van der Waals surface area contributed by atoms with Gasteiger partial charge in [-0.2, -0.15) is 0 Å². The van der Waals surface area contributed by atoms with E-state index in [9.17, 15) is 0 Å². The number of aliphatic imine (C=N–C) groups is 2. The molecule has 25 heavy (non-hydrogen) atoms. The minimum atomic E-state index is 0.440. The fourth-order valence-corrected chi connectivity index (χ4v) is 4.18. The van der Waals surface area contributed by atoms with E-state index >= 15 is 0 Å². The van der Waals surface area contributed by atoms with Crippen LogP contribution < -0.4 is 0 Å². The monoisotopic (exact) mass is 360 g/mol. The molecule has 3 heteroatoms. The highest BCUT2D eigenvalue weighted by molar-refractivity contribution is 6.48. The van der Waals surface area contributed by atoms with Crippen LogP contribution in [0.5, 0.6) is 0 Å². The molecular formula is C22H33ClN2. The first-order valence-electron chi connectivity index (χ1n) is 9.53. The van der Waals surface area contributed by atoms with Gasteiger partial charge in [-0.15, -0.1) is 0 Å². The molecular weight excluding hydrogens is 328 g/mol. The topological polar surface area (TPSA) is 24.7 Å². The average molecular weight is 361 g/mol. The van der Waals surface area contributed by atoms with Crippen LogP contribution in [0.1, 0.15) is 53.9 Å². The molecule has 0 amide bonds. The molecule has 2 fully saturated rings. The van der Waals surface area contributed by atoms with Gasteiger partial charge in [-0.05, 0) is 56.8 Å². The van der Waals surface area contributed by atoms with E-state index in [1.165, 1.54) is 18.4 Å². The molecule has 0 radical (unpaired) electrons. The summed E-state index contributed by atoms with van der Waals surface area (Å²) in [5, 5.41) is 0.680. The third kappa shape index (κ3) is 4.53. The Labute approximate surface area is 158 Å². The Morgan fingerprint density at radius 2 is 1.76 bits per heavy atom. The Bertz CT molecular complexity index is 624. The van der Waals surface area contributed by atoms with Crippen LogP contribution in [0.2, 0.25) is 0 Å². The summed E-state index contributed by atoms with van der Waals surface area (Å²) in [7, 11) is 1.80. The number of hydrogen-bond donors (Lipinski definition) is 0. The number of allylic oxidation sites excluding steroid dienone is 5. The summed E-state index contributed by atoms with van der Waals surface area (Å²) in [5.74, 6) is 3.23. The zero-order valence-electron chi connectivity index (χ0n) is 16.6. The number of nitrogens with zero attached hydrogens (tertiary/aromatic N) is 2. The van der Waals surface area contributed by atoms with Crippen LogP contribution in [0.25, 0.3) is 0 Å². The summed E-state index contributed by atoms with van der Waals surface area (Å²) in [4.78, 5) is 9.22. The second kappa shape index (κ2) is 8.49. The van der Waals surface area contributed by atoms with Gasteiger partial charge in [-0.3, -0.25) is 9.98 Å². The van der Waals surface area contributed by atoms with Crippen molar-refractivity contribution in [2.75, 3.05) is 7.05 Å². The lowest BCUT2D eigenvalue weighted by atomic mass is 9.58. The highest BCUT2D eigenvalue weighted by atomic mass is 35.5. The predicted molar refractivity (Wildman–Crippen MR) is 112 cm³/mol. The van der Waals surface area contributed by atoms with E-state index in [1.807, 2.05) is 19.2 Å². The van der Waals surface area contributed by atoms with E-state index in [4.69, 9.17) is 16.6 Å². The van der Waals surface area contributed by atoms with Crippen molar-refractivity contribution in [2.45, 2.75) is 53.9 Å². The minimum Gasteiger partial charge on any atom is -0.296 e. The van der Waals surface area contributed by atoms with Crippen molar-refractivity contribution in [3.8, 4) is 0 Å². The molecule has 2 nitrogen and oxygen atoms in total. The van der Waals surface area contributed by atoms with E-state index in [0.29, 0.717) is 22.8 Å². The van der Waals surface area contributed by atoms with Gasteiger partial charge < -0.3 is 0 Å². The third-order valence-corrected chi connectivity index (χ3v) is 6.57. The molecule has 2 atom stereocenters. The molecule has 0 aromatic heterocycles. The molecule has 2 aliphatic rings. The van der Waals surface area contributed by atoms with E-state index < -0.39 is 0 Å². The SMILES string of the molecule is C=C(/N=C(C(/C=N\C)=C(/C)CC1CC1)\C(Cl)=C/C)C1C(C)C(C)C1C. The van der Waals surface area contributed by atoms with Crippen molar-refractivity contribution in [1.29, 1.82) is 0 Å². The van der Waals surface area contributed by atoms with E-state index in [-0.39, 0.29) is 0 Å². The fourth-order valence-electron chi connectivity index (χ4n) is 4.04. The summed E-state index contributed by atoms with van der Waals surface area (Å²) in [6.45, 7) is 15.4. The summed E-state index contributed by atoms with van der Waals surface area (Å²) in [6.07, 6.45) is 7.59. The highest BCUT2D eigenvalue weighted by Gasteiger charge is 2.43. The second-order valence-corrected chi connectivity index (χ2v) is 8.33. The van der Waals surface area contributed by atoms with Crippen LogP contribution in [0.3, 0.4) is 0 Å². The smallest absolute Gasteiger partial charge is 0.0902 e. The molecule has 0 aromatic carbocycles. The van der Waals surface area contributed by atoms with Crippen LogP contribution in [0.4, 0.5) is 0 Å². The van der Waals surface area contributed by atoms with Gasteiger partial charge in [0.1, 0.15) is 0 Å². The van der Waals surface area contributed by atoms with Gasteiger partial charge in [-0.25, -0.2) is 0 Å². The molecule has 138 valence electrons. The Balaban J connectivity index is 2.38. The molecule has 0 N–H and O–H groups in total. The van der Waals surface area contributed by atoms with Crippen LogP contribution in [-0.2, 0) is 0 Å². The molecule has 0 saturated heterocycles. The van der Waals surface area contributed by atoms with Crippen molar-refractivity contribution in [3.63, 3.8) is 0 Å². The van der Waals surface area contributed by atoms with Crippen LogP contribution >= 0.6 is 11.6 Å². The standard InChI is InChI=1S/C22H33ClN2/c1-8-20(23)22(19(12-24-7)13(2)11-18-9-10-18)25-17(6)21-15(4)14(3)16(21)5/h8,12,14-16,18,21H,6,9-11H2,1-5,7H3/b19-13-,20-8+,24-12-,25-22-. The Morgan fingerprint density at radius 1 is 1.16 bits per heavy atom. The lowest BCUT2D eigenvalue weighted by molar-refractivity contribution is 0.0429. The van der Waals surface area contributed by atoms with Gasteiger partial charge in [0.2, 0.25) is 0 Å². The third-order valence-electron chi connectivity index (χ3n) is 6.18. The van der Waals surface area contributed by atoms with Gasteiger partial charge in [0.15, 0.2) is 0 Å². The van der Waals surface area contributed by atoms with E-state index in [2.05, 4.69) is 39.3 Å². The molecule has 2 saturated carbocycles. The van der Waals surface area contributed by atoms with Gasteiger partial charge >= 0.3 is 0 Å². The zero-order valence-corrected chi connectivity index (χ0v) is 17.4. The maximum absolute atomic E-state index is 6.56. The molecule has 0 heterocycles. The van der Waals surface area contributed by atoms with Crippen LogP contribution in [0.15, 0.2) is 44.5 Å². The number of rotatable bonds is 7. The first-order chi connectivity index (χ1) is 11.8. The Morgan fingerprint density at radius 3 is 2.24 bits per heavy atom. The molecule has 0 aromatic rings.